The molecule has 1 heterocycles. The Balaban J connectivity index is 2.13. The zero-order valence-electron chi connectivity index (χ0n) is 11.8. The quantitative estimate of drug-likeness (QED) is 0.379. The molecular formula is C15H23N3O. The molecule has 0 bridgehead atoms. The van der Waals surface area contributed by atoms with Gasteiger partial charge in [-0.3, -0.25) is 0 Å². The molecule has 0 amide bonds. The maximum absolute atomic E-state index is 8.74. The van der Waals surface area contributed by atoms with Gasteiger partial charge in [0.1, 0.15) is 0 Å². The molecule has 0 saturated carbocycles. The zero-order valence-corrected chi connectivity index (χ0v) is 11.8. The second kappa shape index (κ2) is 5.95. The number of hydrogen-bond acceptors (Lipinski definition) is 3. The van der Waals surface area contributed by atoms with Crippen LogP contribution in [-0.4, -0.2) is 24.1 Å². The van der Waals surface area contributed by atoms with Crippen molar-refractivity contribution in [2.45, 2.75) is 33.1 Å². The fourth-order valence-electron chi connectivity index (χ4n) is 2.90. The molecule has 2 rings (SSSR count). The molecule has 1 fully saturated rings. The standard InChI is InChI=1S/C15H23N3O/c1-3-4-12-7-8-18(10-12)13-5-6-14(11(2)9-13)15(16)17-19/h5-6,9,12,19H,3-4,7-8,10H2,1-2H3,(H2,16,17). The Morgan fingerprint density at radius 1 is 1.53 bits per heavy atom. The predicted octanol–water partition coefficient (Wildman–Crippen LogP) is 2.72. The van der Waals surface area contributed by atoms with E-state index in [1.54, 1.807) is 0 Å². The minimum Gasteiger partial charge on any atom is -0.409 e. The SMILES string of the molecule is CCCC1CCN(c2ccc(/C(N)=N/O)c(C)c2)C1. The minimum absolute atomic E-state index is 0.175. The van der Waals surface area contributed by atoms with E-state index in [1.165, 1.54) is 24.9 Å². The molecule has 1 unspecified atom stereocenters. The third-order valence-corrected chi connectivity index (χ3v) is 3.94. The molecule has 0 radical (unpaired) electrons. The molecule has 0 aromatic heterocycles. The molecule has 1 aromatic rings. The van der Waals surface area contributed by atoms with Crippen molar-refractivity contribution in [3.63, 3.8) is 0 Å². The number of anilines is 1. The Bertz CT molecular complexity index is 470. The van der Waals surface area contributed by atoms with Crippen LogP contribution in [0.25, 0.3) is 0 Å². The Hall–Kier alpha value is -1.71. The molecule has 4 nitrogen and oxygen atoms in total. The van der Waals surface area contributed by atoms with E-state index in [0.29, 0.717) is 0 Å². The van der Waals surface area contributed by atoms with Crippen molar-refractivity contribution in [3.8, 4) is 0 Å². The van der Waals surface area contributed by atoms with Gasteiger partial charge in [0, 0.05) is 24.3 Å². The first kappa shape index (κ1) is 13.7. The fraction of sp³-hybridized carbons (Fsp3) is 0.533. The number of nitrogens with two attached hydrogens (primary N) is 1. The average Bonchev–Trinajstić information content (AvgIpc) is 2.87. The molecule has 4 heteroatoms. The van der Waals surface area contributed by atoms with E-state index in [9.17, 15) is 0 Å². The summed E-state index contributed by atoms with van der Waals surface area (Å²) in [7, 11) is 0. The average molecular weight is 261 g/mol. The van der Waals surface area contributed by atoms with Crippen molar-refractivity contribution in [2.24, 2.45) is 16.8 Å². The summed E-state index contributed by atoms with van der Waals surface area (Å²) in [5.41, 5.74) is 8.74. The van der Waals surface area contributed by atoms with Gasteiger partial charge < -0.3 is 15.8 Å². The summed E-state index contributed by atoms with van der Waals surface area (Å²) in [6, 6.07) is 6.13. The fourth-order valence-corrected chi connectivity index (χ4v) is 2.90. The van der Waals surface area contributed by atoms with E-state index in [4.69, 9.17) is 10.9 Å². The molecule has 3 N–H and O–H groups in total. The summed E-state index contributed by atoms with van der Waals surface area (Å²) in [4.78, 5) is 2.43. The van der Waals surface area contributed by atoms with Crippen molar-refractivity contribution in [2.75, 3.05) is 18.0 Å². The summed E-state index contributed by atoms with van der Waals surface area (Å²) in [6.07, 6.45) is 3.87. The molecule has 104 valence electrons. The van der Waals surface area contributed by atoms with Crippen molar-refractivity contribution in [1.29, 1.82) is 0 Å². The molecular weight excluding hydrogens is 238 g/mol. The molecule has 1 saturated heterocycles. The first-order valence-electron chi connectivity index (χ1n) is 6.99. The van der Waals surface area contributed by atoms with Gasteiger partial charge in [0.2, 0.25) is 0 Å². The number of rotatable bonds is 4. The smallest absolute Gasteiger partial charge is 0.170 e. The number of aryl methyl sites for hydroxylation is 1. The maximum Gasteiger partial charge on any atom is 0.170 e. The van der Waals surface area contributed by atoms with Crippen LogP contribution in [0.2, 0.25) is 0 Å². The van der Waals surface area contributed by atoms with Gasteiger partial charge >= 0.3 is 0 Å². The lowest BCUT2D eigenvalue weighted by Gasteiger charge is -2.20. The molecule has 1 atom stereocenters. The zero-order chi connectivity index (χ0) is 13.8. The van der Waals surface area contributed by atoms with Crippen LogP contribution in [0, 0.1) is 12.8 Å². The van der Waals surface area contributed by atoms with Gasteiger partial charge in [0.15, 0.2) is 5.84 Å². The Morgan fingerprint density at radius 3 is 2.95 bits per heavy atom. The van der Waals surface area contributed by atoms with Gasteiger partial charge in [-0.15, -0.1) is 0 Å². The topological polar surface area (TPSA) is 61.8 Å². The van der Waals surface area contributed by atoms with Gasteiger partial charge in [0.05, 0.1) is 0 Å². The highest BCUT2D eigenvalue weighted by molar-refractivity contribution is 5.98. The largest absolute Gasteiger partial charge is 0.409 e. The summed E-state index contributed by atoms with van der Waals surface area (Å²) in [5.74, 6) is 1.00. The molecule has 1 aromatic carbocycles. The Morgan fingerprint density at radius 2 is 2.32 bits per heavy atom. The first-order chi connectivity index (χ1) is 9.15. The number of benzene rings is 1. The van der Waals surface area contributed by atoms with Gasteiger partial charge in [0.25, 0.3) is 0 Å². The van der Waals surface area contributed by atoms with Crippen molar-refractivity contribution in [1.82, 2.24) is 0 Å². The molecule has 1 aliphatic rings. The van der Waals surface area contributed by atoms with Crippen LogP contribution in [0.1, 0.15) is 37.3 Å². The highest BCUT2D eigenvalue weighted by atomic mass is 16.4. The van der Waals surface area contributed by atoms with Gasteiger partial charge in [-0.2, -0.15) is 0 Å². The number of amidine groups is 1. The summed E-state index contributed by atoms with van der Waals surface area (Å²) >= 11 is 0. The third kappa shape index (κ3) is 3.00. The monoisotopic (exact) mass is 261 g/mol. The number of nitrogens with zero attached hydrogens (tertiary/aromatic N) is 2. The van der Waals surface area contributed by atoms with E-state index < -0.39 is 0 Å². The van der Waals surface area contributed by atoms with Crippen LogP contribution in [0.4, 0.5) is 5.69 Å². The predicted molar refractivity (Wildman–Crippen MR) is 78.9 cm³/mol. The van der Waals surface area contributed by atoms with E-state index in [0.717, 1.165) is 30.1 Å². The van der Waals surface area contributed by atoms with Crippen LogP contribution in [0.15, 0.2) is 23.4 Å². The summed E-state index contributed by atoms with van der Waals surface area (Å²) < 4.78 is 0. The Kier molecular flexibility index (Phi) is 4.30. The lowest BCUT2D eigenvalue weighted by atomic mass is 10.0. The lowest BCUT2D eigenvalue weighted by molar-refractivity contribution is 0.318. The van der Waals surface area contributed by atoms with Crippen molar-refractivity contribution in [3.05, 3.63) is 29.3 Å². The summed E-state index contributed by atoms with van der Waals surface area (Å²) in [6.45, 7) is 6.53. The van der Waals surface area contributed by atoms with Crippen LogP contribution in [0.3, 0.4) is 0 Å². The third-order valence-electron chi connectivity index (χ3n) is 3.94. The Labute approximate surface area is 114 Å². The summed E-state index contributed by atoms with van der Waals surface area (Å²) in [5, 5.41) is 11.8. The van der Waals surface area contributed by atoms with Crippen LogP contribution >= 0.6 is 0 Å². The van der Waals surface area contributed by atoms with E-state index in [2.05, 4.69) is 29.1 Å². The van der Waals surface area contributed by atoms with E-state index in [-0.39, 0.29) is 5.84 Å². The highest BCUT2D eigenvalue weighted by Crippen LogP contribution is 2.27. The van der Waals surface area contributed by atoms with E-state index in [1.807, 2.05) is 13.0 Å². The molecule has 1 aliphatic heterocycles. The second-order valence-corrected chi connectivity index (χ2v) is 5.37. The first-order valence-corrected chi connectivity index (χ1v) is 6.99. The van der Waals surface area contributed by atoms with Crippen molar-refractivity contribution < 1.29 is 5.21 Å². The number of oxime groups is 1. The maximum atomic E-state index is 8.74. The van der Waals surface area contributed by atoms with Gasteiger partial charge in [-0.25, -0.2) is 0 Å². The van der Waals surface area contributed by atoms with E-state index >= 15 is 0 Å². The van der Waals surface area contributed by atoms with Gasteiger partial charge in [-0.05, 0) is 49.4 Å². The number of hydrogen-bond donors (Lipinski definition) is 2. The lowest BCUT2D eigenvalue weighted by Crippen LogP contribution is -2.20. The molecule has 0 aliphatic carbocycles. The second-order valence-electron chi connectivity index (χ2n) is 5.37. The minimum atomic E-state index is 0.175. The molecule has 0 spiro atoms. The molecule has 19 heavy (non-hydrogen) atoms. The normalized spacial score (nSPS) is 20.0. The van der Waals surface area contributed by atoms with Gasteiger partial charge in [-0.1, -0.05) is 18.5 Å². The van der Waals surface area contributed by atoms with Crippen LogP contribution in [0.5, 0.6) is 0 Å². The van der Waals surface area contributed by atoms with Crippen molar-refractivity contribution >= 4 is 11.5 Å². The van der Waals surface area contributed by atoms with Crippen LogP contribution in [-0.2, 0) is 0 Å². The van der Waals surface area contributed by atoms with Crippen LogP contribution < -0.4 is 10.6 Å². The highest BCUT2D eigenvalue weighted by Gasteiger charge is 2.22.